The highest BCUT2D eigenvalue weighted by molar-refractivity contribution is 7.99. The number of halogens is 1. The molecular formula is C18H24ClN5O2S2. The zero-order valence-electron chi connectivity index (χ0n) is 15.8. The molecule has 0 spiro atoms. The van der Waals surface area contributed by atoms with E-state index in [1.807, 2.05) is 31.2 Å². The third-order valence-corrected chi connectivity index (χ3v) is 5.73. The van der Waals surface area contributed by atoms with Gasteiger partial charge in [0, 0.05) is 35.8 Å². The first-order valence-electron chi connectivity index (χ1n) is 8.87. The molecule has 152 valence electrons. The van der Waals surface area contributed by atoms with E-state index in [1.165, 1.54) is 9.47 Å². The predicted molar refractivity (Wildman–Crippen MR) is 122 cm³/mol. The number of thiocarbonyl (C=S) groups is 1. The Bertz CT molecular complexity index is 927. The van der Waals surface area contributed by atoms with Crippen LogP contribution in [0.25, 0.3) is 0 Å². The number of nitrogens with two attached hydrogens (primary N) is 1. The van der Waals surface area contributed by atoms with E-state index in [0.29, 0.717) is 23.2 Å². The molecule has 0 aliphatic heterocycles. The molecule has 0 fully saturated rings. The largest absolute Gasteiger partial charge is 0.383 e. The van der Waals surface area contributed by atoms with Crippen LogP contribution in [0.2, 0.25) is 5.02 Å². The summed E-state index contributed by atoms with van der Waals surface area (Å²) in [5.74, 6) is 0.890. The maximum Gasteiger partial charge on any atom is 0.330 e. The fourth-order valence-corrected chi connectivity index (χ4v) is 3.61. The van der Waals surface area contributed by atoms with Crippen molar-refractivity contribution in [1.29, 1.82) is 0 Å². The Morgan fingerprint density at radius 1 is 1.36 bits per heavy atom. The van der Waals surface area contributed by atoms with Gasteiger partial charge in [0.1, 0.15) is 11.5 Å². The van der Waals surface area contributed by atoms with Crippen molar-refractivity contribution in [2.75, 3.05) is 30.0 Å². The summed E-state index contributed by atoms with van der Waals surface area (Å²) in [5.41, 5.74) is 5.21. The second-order valence-corrected chi connectivity index (χ2v) is 8.08. The molecule has 2 rings (SSSR count). The summed E-state index contributed by atoms with van der Waals surface area (Å²) in [6.45, 7) is 3.06. The van der Waals surface area contributed by atoms with E-state index in [-0.39, 0.29) is 11.5 Å². The highest BCUT2D eigenvalue weighted by Crippen LogP contribution is 2.20. The summed E-state index contributed by atoms with van der Waals surface area (Å²) in [7, 11) is 1.65. The van der Waals surface area contributed by atoms with Crippen LogP contribution in [0.15, 0.2) is 38.8 Å². The zero-order chi connectivity index (χ0) is 20.7. The molecule has 28 heavy (non-hydrogen) atoms. The molecule has 2 aromatic rings. The van der Waals surface area contributed by atoms with Gasteiger partial charge in [-0.3, -0.25) is 14.3 Å². The van der Waals surface area contributed by atoms with Gasteiger partial charge in [-0.05, 0) is 42.9 Å². The predicted octanol–water partition coefficient (Wildman–Crippen LogP) is 2.68. The molecule has 1 heterocycles. The topological polar surface area (TPSA) is 96.2 Å². The number of aromatic nitrogens is 2. The number of H-pyrrole nitrogens is 1. The number of aromatic amines is 1. The van der Waals surface area contributed by atoms with Crippen molar-refractivity contribution >= 4 is 52.2 Å². The Morgan fingerprint density at radius 3 is 2.68 bits per heavy atom. The Kier molecular flexibility index (Phi) is 8.40. The van der Waals surface area contributed by atoms with Gasteiger partial charge in [-0.25, -0.2) is 4.79 Å². The Labute approximate surface area is 178 Å². The van der Waals surface area contributed by atoms with E-state index in [4.69, 9.17) is 29.6 Å². The van der Waals surface area contributed by atoms with Gasteiger partial charge in [0.2, 0.25) is 0 Å². The Morgan fingerprint density at radius 2 is 2.04 bits per heavy atom. The molecule has 0 radical (unpaired) electrons. The third kappa shape index (κ3) is 5.76. The summed E-state index contributed by atoms with van der Waals surface area (Å²) < 4.78 is 1.37. The van der Waals surface area contributed by atoms with E-state index in [0.717, 1.165) is 23.5 Å². The van der Waals surface area contributed by atoms with Crippen molar-refractivity contribution in [3.63, 3.8) is 0 Å². The van der Waals surface area contributed by atoms with Crippen LogP contribution >= 0.6 is 35.6 Å². The van der Waals surface area contributed by atoms with Crippen LogP contribution in [-0.4, -0.2) is 34.0 Å². The molecular weight excluding hydrogens is 418 g/mol. The first-order chi connectivity index (χ1) is 13.3. The summed E-state index contributed by atoms with van der Waals surface area (Å²) in [6.07, 6.45) is 1.69. The fourth-order valence-electron chi connectivity index (χ4n) is 2.52. The highest BCUT2D eigenvalue weighted by atomic mass is 35.5. The van der Waals surface area contributed by atoms with Crippen molar-refractivity contribution in [1.82, 2.24) is 14.9 Å². The van der Waals surface area contributed by atoms with Gasteiger partial charge < -0.3 is 16.0 Å². The van der Waals surface area contributed by atoms with Crippen LogP contribution in [0.5, 0.6) is 0 Å². The van der Waals surface area contributed by atoms with E-state index < -0.39 is 11.2 Å². The van der Waals surface area contributed by atoms with Crippen LogP contribution in [0, 0.1) is 0 Å². The zero-order valence-corrected chi connectivity index (χ0v) is 18.2. The summed E-state index contributed by atoms with van der Waals surface area (Å²) in [6, 6.07) is 7.60. The number of benzene rings is 1. The lowest BCUT2D eigenvalue weighted by Crippen LogP contribution is -2.43. The second kappa shape index (κ2) is 10.5. The van der Waals surface area contributed by atoms with E-state index >= 15 is 0 Å². The first kappa shape index (κ1) is 22.3. The van der Waals surface area contributed by atoms with Gasteiger partial charge in [0.05, 0.1) is 0 Å². The third-order valence-electron chi connectivity index (χ3n) is 4.05. The smallest absolute Gasteiger partial charge is 0.330 e. The molecule has 0 aliphatic rings. The molecule has 0 bridgehead atoms. The minimum atomic E-state index is -0.558. The number of unbranched alkanes of at least 4 members (excludes halogenated alkanes) is 1. The van der Waals surface area contributed by atoms with Crippen molar-refractivity contribution in [2.24, 2.45) is 0 Å². The number of rotatable bonds is 8. The highest BCUT2D eigenvalue weighted by Gasteiger charge is 2.18. The summed E-state index contributed by atoms with van der Waals surface area (Å²) in [5, 5.41) is 4.17. The first-order valence-corrected chi connectivity index (χ1v) is 10.6. The molecule has 1 aromatic carbocycles. The average molecular weight is 442 g/mol. The van der Waals surface area contributed by atoms with E-state index in [9.17, 15) is 9.59 Å². The lowest BCUT2D eigenvalue weighted by Gasteiger charge is -2.23. The lowest BCUT2D eigenvalue weighted by atomic mass is 10.3. The number of hydrogen-bond donors (Lipinski definition) is 3. The fraction of sp³-hybridized carbons (Fsp3) is 0.389. The van der Waals surface area contributed by atoms with Crippen LogP contribution in [0.4, 0.5) is 11.5 Å². The second-order valence-electron chi connectivity index (χ2n) is 6.09. The average Bonchev–Trinajstić information content (AvgIpc) is 2.66. The molecule has 7 nitrogen and oxygen atoms in total. The maximum atomic E-state index is 12.3. The van der Waals surface area contributed by atoms with Gasteiger partial charge in [0.15, 0.2) is 5.11 Å². The quantitative estimate of drug-likeness (QED) is 0.329. The van der Waals surface area contributed by atoms with Crippen LogP contribution in [0.3, 0.4) is 0 Å². The number of nitrogens with zero attached hydrogens (tertiary/aromatic N) is 2. The van der Waals surface area contributed by atoms with Gasteiger partial charge >= 0.3 is 5.69 Å². The Hall–Kier alpha value is -1.97. The lowest BCUT2D eigenvalue weighted by molar-refractivity contribution is 0.605. The van der Waals surface area contributed by atoms with Crippen LogP contribution < -0.4 is 27.2 Å². The maximum absolute atomic E-state index is 12.3. The van der Waals surface area contributed by atoms with Crippen LogP contribution in [0.1, 0.15) is 19.8 Å². The number of nitrogens with one attached hydrogen (secondary N) is 2. The molecule has 4 N–H and O–H groups in total. The molecule has 0 saturated carbocycles. The van der Waals surface area contributed by atoms with Crippen molar-refractivity contribution in [2.45, 2.75) is 31.2 Å². The standard InChI is InChI=1S/C18H24ClN5O2S2/c1-3-4-10-24-15(20)14(16(25)22-17(24)26)23(2)18(27)21-9-11-28-13-7-5-12(19)6-8-13/h5-8H,3-4,9-11,20H2,1-2H3,(H,21,27)(H,22,25,26). The van der Waals surface area contributed by atoms with E-state index in [1.54, 1.807) is 18.8 Å². The monoisotopic (exact) mass is 441 g/mol. The molecule has 0 atom stereocenters. The summed E-state index contributed by atoms with van der Waals surface area (Å²) in [4.78, 5) is 29.2. The molecule has 0 amide bonds. The minimum Gasteiger partial charge on any atom is -0.383 e. The van der Waals surface area contributed by atoms with Gasteiger partial charge in [-0.1, -0.05) is 24.9 Å². The van der Waals surface area contributed by atoms with Crippen molar-refractivity contribution < 1.29 is 0 Å². The molecule has 0 aliphatic carbocycles. The van der Waals surface area contributed by atoms with Gasteiger partial charge in [0.25, 0.3) is 5.56 Å². The van der Waals surface area contributed by atoms with Crippen molar-refractivity contribution in [3.8, 4) is 0 Å². The SMILES string of the molecule is CCCCn1c(N)c(N(C)C(=S)NCCSc2ccc(Cl)cc2)c(=O)[nH]c1=O. The molecule has 1 aromatic heterocycles. The minimum absolute atomic E-state index is 0.115. The summed E-state index contributed by atoms with van der Waals surface area (Å²) >= 11 is 12.9. The number of hydrogen-bond acceptors (Lipinski definition) is 5. The van der Waals surface area contributed by atoms with Gasteiger partial charge in [-0.15, -0.1) is 11.8 Å². The number of anilines is 2. The molecule has 0 saturated heterocycles. The van der Waals surface area contributed by atoms with Gasteiger partial charge in [-0.2, -0.15) is 0 Å². The van der Waals surface area contributed by atoms with E-state index in [2.05, 4.69) is 10.3 Å². The van der Waals surface area contributed by atoms with Crippen molar-refractivity contribution in [3.05, 3.63) is 50.1 Å². The molecule has 0 unspecified atom stereocenters. The number of nitrogen functional groups attached to an aromatic ring is 1. The van der Waals surface area contributed by atoms with Crippen LogP contribution in [-0.2, 0) is 6.54 Å². The Balaban J connectivity index is 2.01. The number of thioether (sulfide) groups is 1. The molecule has 10 heteroatoms. The normalized spacial score (nSPS) is 10.7.